The molecular weight excluding hydrogens is 318 g/mol. The highest BCUT2D eigenvalue weighted by atomic mass is 16.5. The Morgan fingerprint density at radius 2 is 2.04 bits per heavy atom. The topological polar surface area (TPSA) is 88.0 Å². The van der Waals surface area contributed by atoms with Crippen molar-refractivity contribution in [2.75, 3.05) is 0 Å². The van der Waals surface area contributed by atoms with E-state index >= 15 is 0 Å². The van der Waals surface area contributed by atoms with Crippen molar-refractivity contribution in [2.45, 2.75) is 25.3 Å². The molecule has 1 atom stereocenters. The molecule has 1 aliphatic rings. The van der Waals surface area contributed by atoms with Crippen molar-refractivity contribution in [3.05, 3.63) is 75.9 Å². The quantitative estimate of drug-likeness (QED) is 0.770. The number of carbonyl (C=O) groups is 1. The molecule has 6 nitrogen and oxygen atoms in total. The van der Waals surface area contributed by atoms with Crippen molar-refractivity contribution >= 4 is 5.91 Å². The van der Waals surface area contributed by atoms with E-state index in [1.807, 2.05) is 30.3 Å². The van der Waals surface area contributed by atoms with E-state index in [2.05, 4.69) is 15.5 Å². The summed E-state index contributed by atoms with van der Waals surface area (Å²) in [6.45, 7) is 0. The minimum absolute atomic E-state index is 0.117. The molecule has 0 saturated heterocycles. The molecule has 0 spiro atoms. The molecule has 1 amide bonds. The van der Waals surface area contributed by atoms with Crippen LogP contribution < -0.4 is 10.9 Å². The average molecular weight is 335 g/mol. The highest BCUT2D eigenvalue weighted by Gasteiger charge is 2.24. The van der Waals surface area contributed by atoms with Gasteiger partial charge in [-0.25, -0.2) is 0 Å². The fourth-order valence-corrected chi connectivity index (χ4v) is 3.21. The first-order valence-electron chi connectivity index (χ1n) is 8.26. The lowest BCUT2D eigenvalue weighted by molar-refractivity contribution is 0.0895. The fraction of sp³-hybridized carbons (Fsp3) is 0.211. The molecule has 0 radical (unpaired) electrons. The highest BCUT2D eigenvalue weighted by Crippen LogP contribution is 2.28. The van der Waals surface area contributed by atoms with Crippen LogP contribution >= 0.6 is 0 Å². The van der Waals surface area contributed by atoms with Crippen molar-refractivity contribution in [1.29, 1.82) is 0 Å². The predicted molar refractivity (Wildman–Crippen MR) is 92.1 cm³/mol. The lowest BCUT2D eigenvalue weighted by Gasteiger charge is -2.25. The monoisotopic (exact) mass is 335 g/mol. The van der Waals surface area contributed by atoms with Gasteiger partial charge in [0.05, 0.1) is 6.04 Å². The number of pyridine rings is 1. The largest absolute Gasteiger partial charge is 0.350 e. The van der Waals surface area contributed by atoms with Crippen LogP contribution in [0.3, 0.4) is 0 Å². The lowest BCUT2D eigenvalue weighted by atomic mass is 9.91. The van der Waals surface area contributed by atoms with E-state index in [4.69, 9.17) is 4.52 Å². The molecule has 4 rings (SSSR count). The number of benzene rings is 1. The molecule has 25 heavy (non-hydrogen) atoms. The van der Waals surface area contributed by atoms with E-state index in [0.29, 0.717) is 5.69 Å². The normalized spacial score (nSPS) is 16.2. The Labute approximate surface area is 143 Å². The minimum atomic E-state index is -0.307. The molecule has 0 fully saturated rings. The van der Waals surface area contributed by atoms with Crippen LogP contribution in [0.2, 0.25) is 0 Å². The molecule has 3 aromatic rings. The zero-order valence-electron chi connectivity index (χ0n) is 13.5. The first kappa shape index (κ1) is 15.4. The van der Waals surface area contributed by atoms with E-state index in [-0.39, 0.29) is 23.3 Å². The molecule has 6 heteroatoms. The van der Waals surface area contributed by atoms with Gasteiger partial charge in [-0.2, -0.15) is 0 Å². The molecule has 0 saturated carbocycles. The molecule has 0 unspecified atom stereocenters. The third-order valence-corrected chi connectivity index (χ3v) is 4.44. The molecule has 1 aliphatic carbocycles. The standard InChI is InChI=1S/C19H17N3O3/c23-18-10-9-13-14(20-18)7-4-8-15(13)21-19(24)17-11-16(22-25-17)12-5-2-1-3-6-12/h1-3,5-6,9-11,15H,4,7-8H2,(H,20,23)(H,21,24)/t15-/m1/s1. The number of aromatic nitrogens is 2. The molecule has 2 aromatic heterocycles. The van der Waals surface area contributed by atoms with Crippen molar-refractivity contribution in [3.63, 3.8) is 0 Å². The molecule has 2 heterocycles. The fourth-order valence-electron chi connectivity index (χ4n) is 3.21. The number of nitrogens with one attached hydrogen (secondary N) is 2. The summed E-state index contributed by atoms with van der Waals surface area (Å²) >= 11 is 0. The number of rotatable bonds is 3. The first-order valence-corrected chi connectivity index (χ1v) is 8.26. The van der Waals surface area contributed by atoms with Crippen molar-refractivity contribution < 1.29 is 9.32 Å². The Morgan fingerprint density at radius 3 is 2.88 bits per heavy atom. The average Bonchev–Trinajstić information content (AvgIpc) is 3.13. The van der Waals surface area contributed by atoms with E-state index in [9.17, 15) is 9.59 Å². The van der Waals surface area contributed by atoms with Crippen molar-refractivity contribution in [3.8, 4) is 11.3 Å². The van der Waals surface area contributed by atoms with Gasteiger partial charge in [0, 0.05) is 23.4 Å². The maximum absolute atomic E-state index is 12.5. The van der Waals surface area contributed by atoms with Gasteiger partial charge in [0.1, 0.15) is 5.69 Å². The number of carbonyl (C=O) groups excluding carboxylic acids is 1. The van der Waals surface area contributed by atoms with Crippen LogP contribution in [0.4, 0.5) is 0 Å². The second-order valence-corrected chi connectivity index (χ2v) is 6.12. The number of hydrogen-bond acceptors (Lipinski definition) is 4. The Bertz CT molecular complexity index is 959. The maximum atomic E-state index is 12.5. The summed E-state index contributed by atoms with van der Waals surface area (Å²) in [4.78, 5) is 26.8. The Balaban J connectivity index is 1.54. The Kier molecular flexibility index (Phi) is 3.93. The minimum Gasteiger partial charge on any atom is -0.350 e. The number of aromatic amines is 1. The van der Waals surface area contributed by atoms with Gasteiger partial charge in [-0.05, 0) is 30.9 Å². The zero-order chi connectivity index (χ0) is 17.2. The van der Waals surface area contributed by atoms with Crippen LogP contribution in [-0.2, 0) is 6.42 Å². The Morgan fingerprint density at radius 1 is 1.20 bits per heavy atom. The van der Waals surface area contributed by atoms with Crippen molar-refractivity contribution in [1.82, 2.24) is 15.5 Å². The molecule has 126 valence electrons. The second-order valence-electron chi connectivity index (χ2n) is 6.12. The SMILES string of the molecule is O=C(N[C@@H]1CCCc2[nH]c(=O)ccc21)c1cc(-c2ccccc2)no1. The summed E-state index contributed by atoms with van der Waals surface area (Å²) in [5.74, 6) is -0.130. The number of amides is 1. The molecule has 1 aromatic carbocycles. The Hall–Kier alpha value is -3.15. The highest BCUT2D eigenvalue weighted by molar-refractivity contribution is 5.92. The maximum Gasteiger partial charge on any atom is 0.290 e. The second kappa shape index (κ2) is 6.39. The summed E-state index contributed by atoms with van der Waals surface area (Å²) in [6.07, 6.45) is 2.55. The van der Waals surface area contributed by atoms with Crippen LogP contribution in [0, 0.1) is 0 Å². The summed E-state index contributed by atoms with van der Waals surface area (Å²) in [6, 6.07) is 14.3. The summed E-state index contributed by atoms with van der Waals surface area (Å²) < 4.78 is 5.21. The number of aryl methyl sites for hydroxylation is 1. The van der Waals surface area contributed by atoms with Crippen LogP contribution in [0.25, 0.3) is 11.3 Å². The third kappa shape index (κ3) is 3.10. The molecular formula is C19H17N3O3. The van der Waals surface area contributed by atoms with Crippen LogP contribution in [0.15, 0.2) is 57.8 Å². The van der Waals surface area contributed by atoms with Crippen LogP contribution in [0.5, 0.6) is 0 Å². The molecule has 2 N–H and O–H groups in total. The molecule has 0 bridgehead atoms. The predicted octanol–water partition coefficient (Wildman–Crippen LogP) is 2.84. The van der Waals surface area contributed by atoms with Gasteiger partial charge in [0.25, 0.3) is 5.91 Å². The first-order chi connectivity index (χ1) is 12.2. The van der Waals surface area contributed by atoms with Gasteiger partial charge in [0.15, 0.2) is 0 Å². The van der Waals surface area contributed by atoms with Gasteiger partial charge >= 0.3 is 0 Å². The number of fused-ring (bicyclic) bond motifs is 1. The summed E-state index contributed by atoms with van der Waals surface area (Å²) in [5.41, 5.74) is 3.26. The van der Waals surface area contributed by atoms with Gasteiger partial charge in [-0.15, -0.1) is 0 Å². The van der Waals surface area contributed by atoms with Crippen molar-refractivity contribution in [2.24, 2.45) is 0 Å². The lowest BCUT2D eigenvalue weighted by Crippen LogP contribution is -2.32. The smallest absolute Gasteiger partial charge is 0.290 e. The van der Waals surface area contributed by atoms with Gasteiger partial charge < -0.3 is 14.8 Å². The van der Waals surface area contributed by atoms with Crippen LogP contribution in [0.1, 0.15) is 40.7 Å². The van der Waals surface area contributed by atoms with Gasteiger partial charge in [0.2, 0.25) is 11.3 Å². The third-order valence-electron chi connectivity index (χ3n) is 4.44. The number of H-pyrrole nitrogens is 1. The summed E-state index contributed by atoms with van der Waals surface area (Å²) in [5, 5.41) is 6.95. The zero-order valence-corrected chi connectivity index (χ0v) is 13.5. The van der Waals surface area contributed by atoms with E-state index in [1.165, 1.54) is 6.07 Å². The van der Waals surface area contributed by atoms with E-state index < -0.39 is 0 Å². The molecule has 0 aliphatic heterocycles. The van der Waals surface area contributed by atoms with E-state index in [0.717, 1.165) is 36.1 Å². The van der Waals surface area contributed by atoms with Gasteiger partial charge in [-0.3, -0.25) is 9.59 Å². The summed E-state index contributed by atoms with van der Waals surface area (Å²) in [7, 11) is 0. The van der Waals surface area contributed by atoms with E-state index in [1.54, 1.807) is 12.1 Å². The van der Waals surface area contributed by atoms with Crippen LogP contribution in [-0.4, -0.2) is 16.0 Å². The number of hydrogen-bond donors (Lipinski definition) is 2. The van der Waals surface area contributed by atoms with Gasteiger partial charge in [-0.1, -0.05) is 35.5 Å². The number of nitrogens with zero attached hydrogens (tertiary/aromatic N) is 1.